The van der Waals surface area contributed by atoms with E-state index in [1.807, 2.05) is 42.1 Å². The van der Waals surface area contributed by atoms with E-state index in [9.17, 15) is 4.79 Å². The first-order valence-electron chi connectivity index (χ1n) is 10.7. The van der Waals surface area contributed by atoms with Crippen LogP contribution in [0, 0.1) is 0 Å². The fourth-order valence-corrected chi connectivity index (χ4v) is 4.95. The third-order valence-corrected chi connectivity index (χ3v) is 6.85. The number of aryl methyl sites for hydroxylation is 1. The van der Waals surface area contributed by atoms with Gasteiger partial charge in [0.25, 0.3) is 5.91 Å². The Morgan fingerprint density at radius 2 is 1.84 bits per heavy atom. The first-order chi connectivity index (χ1) is 15.1. The number of carbonyl (C=O) groups is 1. The van der Waals surface area contributed by atoms with Gasteiger partial charge in [-0.15, -0.1) is 11.8 Å². The van der Waals surface area contributed by atoms with E-state index in [2.05, 4.69) is 59.6 Å². The summed E-state index contributed by atoms with van der Waals surface area (Å²) in [6.07, 6.45) is 1.87. The Labute approximate surface area is 193 Å². The highest BCUT2D eigenvalue weighted by Crippen LogP contribution is 2.36. The molecule has 0 fully saturated rings. The molecule has 3 aromatic rings. The third-order valence-electron chi connectivity index (χ3n) is 5.55. The molecule has 4 rings (SSSR count). The molecular weight excluding hydrogens is 424 g/mol. The van der Waals surface area contributed by atoms with Crippen LogP contribution in [0.1, 0.15) is 34.8 Å². The summed E-state index contributed by atoms with van der Waals surface area (Å²) in [4.78, 5) is 16.5. The number of nitrogens with one attached hydrogen (secondary N) is 1. The van der Waals surface area contributed by atoms with Crippen LogP contribution < -0.4 is 10.2 Å². The maximum atomic E-state index is 12.9. The Hall–Kier alpha value is -2.43. The molecule has 0 aliphatic carbocycles. The van der Waals surface area contributed by atoms with Gasteiger partial charge in [0.1, 0.15) is 0 Å². The Kier molecular flexibility index (Phi) is 7.21. The highest BCUT2D eigenvalue weighted by Gasteiger charge is 2.20. The first kappa shape index (κ1) is 21.8. The number of benzene rings is 3. The minimum Gasteiger partial charge on any atom is -0.365 e. The van der Waals surface area contributed by atoms with Gasteiger partial charge in [0.15, 0.2) is 0 Å². The van der Waals surface area contributed by atoms with E-state index in [1.54, 1.807) is 0 Å². The summed E-state index contributed by atoms with van der Waals surface area (Å²) in [7, 11) is 0. The maximum Gasteiger partial charge on any atom is 0.251 e. The number of thioether (sulfide) groups is 1. The van der Waals surface area contributed by atoms with Gasteiger partial charge in [-0.25, -0.2) is 0 Å². The number of rotatable bonds is 7. The Morgan fingerprint density at radius 1 is 1.06 bits per heavy atom. The van der Waals surface area contributed by atoms with Crippen molar-refractivity contribution in [2.24, 2.45) is 0 Å². The van der Waals surface area contributed by atoms with Crippen molar-refractivity contribution in [3.05, 3.63) is 94.5 Å². The molecule has 0 spiro atoms. The number of anilines is 1. The van der Waals surface area contributed by atoms with Gasteiger partial charge < -0.3 is 10.2 Å². The molecule has 0 aromatic heterocycles. The molecule has 3 aromatic carbocycles. The molecule has 1 aliphatic rings. The van der Waals surface area contributed by atoms with E-state index in [1.165, 1.54) is 16.0 Å². The second-order valence-corrected chi connectivity index (χ2v) is 9.55. The Balaban J connectivity index is 1.42. The Bertz CT molecular complexity index is 1020. The van der Waals surface area contributed by atoms with Crippen molar-refractivity contribution in [3.63, 3.8) is 0 Å². The minimum atomic E-state index is -0.00891. The van der Waals surface area contributed by atoms with Crippen molar-refractivity contribution < 1.29 is 4.79 Å². The van der Waals surface area contributed by atoms with Gasteiger partial charge >= 0.3 is 0 Å². The van der Waals surface area contributed by atoms with Crippen molar-refractivity contribution in [2.45, 2.75) is 37.2 Å². The quantitative estimate of drug-likeness (QED) is 0.464. The van der Waals surface area contributed by atoms with Crippen molar-refractivity contribution >= 4 is 35.0 Å². The van der Waals surface area contributed by atoms with Crippen molar-refractivity contribution in [3.8, 4) is 0 Å². The van der Waals surface area contributed by atoms with Crippen LogP contribution in [0.25, 0.3) is 0 Å². The lowest BCUT2D eigenvalue weighted by Crippen LogP contribution is -2.33. The van der Waals surface area contributed by atoms with E-state index >= 15 is 0 Å². The van der Waals surface area contributed by atoms with Crippen LogP contribution in [-0.4, -0.2) is 24.2 Å². The average molecular weight is 451 g/mol. The number of fused-ring (bicyclic) bond motifs is 1. The number of nitrogens with zero attached hydrogens (tertiary/aromatic N) is 1. The molecule has 0 radical (unpaired) electrons. The van der Waals surface area contributed by atoms with Gasteiger partial charge in [-0.2, -0.15) is 0 Å². The third kappa shape index (κ3) is 5.84. The second kappa shape index (κ2) is 10.3. The van der Waals surface area contributed by atoms with E-state index in [4.69, 9.17) is 11.6 Å². The van der Waals surface area contributed by atoms with Crippen LogP contribution >= 0.6 is 23.4 Å². The summed E-state index contributed by atoms with van der Waals surface area (Å²) in [6.45, 7) is 3.84. The van der Waals surface area contributed by atoms with E-state index in [0.717, 1.165) is 42.4 Å². The monoisotopic (exact) mass is 450 g/mol. The van der Waals surface area contributed by atoms with Crippen LogP contribution in [0.15, 0.2) is 77.7 Å². The van der Waals surface area contributed by atoms with Crippen molar-refractivity contribution in [1.82, 2.24) is 5.32 Å². The normalized spacial score (nSPS) is 14.1. The van der Waals surface area contributed by atoms with E-state index in [0.29, 0.717) is 5.56 Å². The molecule has 0 bridgehead atoms. The van der Waals surface area contributed by atoms with Crippen LogP contribution in [0.3, 0.4) is 0 Å². The van der Waals surface area contributed by atoms with E-state index in [-0.39, 0.29) is 11.9 Å². The fourth-order valence-electron chi connectivity index (χ4n) is 3.80. The zero-order valence-electron chi connectivity index (χ0n) is 17.7. The molecule has 5 heteroatoms. The topological polar surface area (TPSA) is 32.3 Å². The molecule has 1 aliphatic heterocycles. The summed E-state index contributed by atoms with van der Waals surface area (Å²) in [6, 6.07) is 24.6. The lowest BCUT2D eigenvalue weighted by Gasteiger charge is -2.31. The van der Waals surface area contributed by atoms with Gasteiger partial charge in [-0.1, -0.05) is 54.1 Å². The fraction of sp³-hybridized carbons (Fsp3) is 0.269. The molecule has 0 saturated carbocycles. The molecule has 1 atom stereocenters. The van der Waals surface area contributed by atoms with Crippen LogP contribution in [-0.2, 0) is 13.0 Å². The van der Waals surface area contributed by atoms with Crippen LogP contribution in [0.2, 0.25) is 5.02 Å². The Morgan fingerprint density at radius 3 is 2.61 bits per heavy atom. The molecule has 31 heavy (non-hydrogen) atoms. The van der Waals surface area contributed by atoms with Gasteiger partial charge in [0, 0.05) is 40.4 Å². The average Bonchev–Trinajstić information content (AvgIpc) is 2.80. The lowest BCUT2D eigenvalue weighted by atomic mass is 10.1. The number of carbonyl (C=O) groups excluding carboxylic acids is 1. The predicted molar refractivity (Wildman–Crippen MR) is 131 cm³/mol. The largest absolute Gasteiger partial charge is 0.365 e. The standard InChI is InChI=1S/C26H27ClN2OS/c1-19(7-8-20-5-3-2-4-6-20)28-26(30)22-11-14-25-24(17-22)29(15-16-31-25)18-21-9-12-23(27)13-10-21/h2-6,9-14,17,19H,7-8,15-16,18H2,1H3,(H,28,30)/t19-/m1/s1. The molecule has 0 unspecified atom stereocenters. The number of hydrogen-bond donors (Lipinski definition) is 1. The van der Waals surface area contributed by atoms with Gasteiger partial charge in [0.05, 0.1) is 5.69 Å². The first-order valence-corrected chi connectivity index (χ1v) is 12.1. The maximum absolute atomic E-state index is 12.9. The smallest absolute Gasteiger partial charge is 0.251 e. The summed E-state index contributed by atoms with van der Waals surface area (Å²) in [5.74, 6) is 1.04. The molecule has 0 saturated heterocycles. The zero-order chi connectivity index (χ0) is 21.6. The SMILES string of the molecule is C[C@H](CCc1ccccc1)NC(=O)c1ccc2c(c1)N(Cc1ccc(Cl)cc1)CCS2. The van der Waals surface area contributed by atoms with E-state index < -0.39 is 0 Å². The lowest BCUT2D eigenvalue weighted by molar-refractivity contribution is 0.0938. The predicted octanol–water partition coefficient (Wildman–Crippen LogP) is 6.20. The van der Waals surface area contributed by atoms with Gasteiger partial charge in [-0.05, 0) is 61.2 Å². The summed E-state index contributed by atoms with van der Waals surface area (Å²) in [5.41, 5.74) is 4.36. The second-order valence-electron chi connectivity index (χ2n) is 7.98. The van der Waals surface area contributed by atoms with Crippen LogP contribution in [0.5, 0.6) is 0 Å². The minimum absolute atomic E-state index is 0.00891. The van der Waals surface area contributed by atoms with Crippen molar-refractivity contribution in [1.29, 1.82) is 0 Å². The summed E-state index contributed by atoms with van der Waals surface area (Å²) < 4.78 is 0. The molecular formula is C26H27ClN2OS. The highest BCUT2D eigenvalue weighted by molar-refractivity contribution is 7.99. The number of hydrogen-bond acceptors (Lipinski definition) is 3. The molecule has 3 nitrogen and oxygen atoms in total. The molecule has 1 amide bonds. The summed E-state index contributed by atoms with van der Waals surface area (Å²) in [5, 5.41) is 3.91. The zero-order valence-corrected chi connectivity index (χ0v) is 19.3. The number of amides is 1. The van der Waals surface area contributed by atoms with Gasteiger partial charge in [0.2, 0.25) is 0 Å². The summed E-state index contributed by atoms with van der Waals surface area (Å²) >= 11 is 7.88. The molecule has 1 heterocycles. The molecule has 1 N–H and O–H groups in total. The molecule has 160 valence electrons. The number of halogens is 1. The van der Waals surface area contributed by atoms with Gasteiger partial charge in [-0.3, -0.25) is 4.79 Å². The highest BCUT2D eigenvalue weighted by atomic mass is 35.5. The van der Waals surface area contributed by atoms with Crippen LogP contribution in [0.4, 0.5) is 5.69 Å². The van der Waals surface area contributed by atoms with Crippen molar-refractivity contribution in [2.75, 3.05) is 17.2 Å².